The molecule has 0 bridgehead atoms. The van der Waals surface area contributed by atoms with Gasteiger partial charge in [-0.2, -0.15) is 0 Å². The van der Waals surface area contributed by atoms with Crippen LogP contribution in [0.15, 0.2) is 30.3 Å². The highest BCUT2D eigenvalue weighted by atomic mass is 32.2. The Hall–Kier alpha value is -1.89. The van der Waals surface area contributed by atoms with Gasteiger partial charge in [-0.15, -0.1) is 0 Å². The molecule has 0 spiro atoms. The topological polar surface area (TPSA) is 106 Å². The van der Waals surface area contributed by atoms with Gasteiger partial charge in [0, 0.05) is 6.42 Å². The zero-order chi connectivity index (χ0) is 16.9. The first-order valence-corrected chi connectivity index (χ1v) is 9.47. The maximum absolute atomic E-state index is 12.2. The predicted molar refractivity (Wildman–Crippen MR) is 87.2 cm³/mol. The first kappa shape index (κ1) is 17.5. The van der Waals surface area contributed by atoms with Crippen molar-refractivity contribution in [1.29, 1.82) is 0 Å². The molecular formula is C16H22N2O4S. The van der Waals surface area contributed by atoms with Gasteiger partial charge in [-0.25, -0.2) is 8.42 Å². The van der Waals surface area contributed by atoms with Crippen molar-refractivity contribution in [3.8, 4) is 0 Å². The molecule has 1 fully saturated rings. The van der Waals surface area contributed by atoms with E-state index >= 15 is 0 Å². The lowest BCUT2D eigenvalue weighted by Crippen LogP contribution is -2.38. The van der Waals surface area contributed by atoms with E-state index in [1.54, 1.807) is 30.3 Å². The number of primary amides is 1. The average molecular weight is 338 g/mol. The summed E-state index contributed by atoms with van der Waals surface area (Å²) in [5.41, 5.74) is 5.90. The number of nitrogens with one attached hydrogen (secondary N) is 1. The molecule has 2 amide bonds. The van der Waals surface area contributed by atoms with Crippen LogP contribution in [0, 0.1) is 0 Å². The number of benzene rings is 1. The predicted octanol–water partition coefficient (Wildman–Crippen LogP) is 1.08. The number of rotatable bonds is 7. The highest BCUT2D eigenvalue weighted by Crippen LogP contribution is 2.25. The number of nitrogens with two attached hydrogens (primary N) is 1. The summed E-state index contributed by atoms with van der Waals surface area (Å²) >= 11 is 0. The summed E-state index contributed by atoms with van der Waals surface area (Å²) in [5.74, 6) is -1.36. The van der Waals surface area contributed by atoms with E-state index in [9.17, 15) is 18.0 Å². The van der Waals surface area contributed by atoms with Gasteiger partial charge in [-0.3, -0.25) is 9.59 Å². The lowest BCUT2D eigenvalue weighted by Gasteiger charge is -2.16. The summed E-state index contributed by atoms with van der Waals surface area (Å²) in [6.07, 6.45) is 3.05. The van der Waals surface area contributed by atoms with Crippen LogP contribution in [0.25, 0.3) is 0 Å². The summed E-state index contributed by atoms with van der Waals surface area (Å²) in [6, 6.07) is 7.69. The molecule has 6 nitrogen and oxygen atoms in total. The van der Waals surface area contributed by atoms with Gasteiger partial charge < -0.3 is 11.1 Å². The van der Waals surface area contributed by atoms with Gasteiger partial charge >= 0.3 is 0 Å². The van der Waals surface area contributed by atoms with Crippen molar-refractivity contribution >= 4 is 21.7 Å². The molecule has 1 aromatic carbocycles. The molecule has 2 rings (SSSR count). The summed E-state index contributed by atoms with van der Waals surface area (Å²) in [6.45, 7) is 0. The van der Waals surface area contributed by atoms with Gasteiger partial charge in [0.15, 0.2) is 9.84 Å². The SMILES string of the molecule is NC(=O)[C@@H](NC(=O)CCS(=O)(=O)C1CCCC1)c1ccccc1. The van der Waals surface area contributed by atoms with Crippen LogP contribution in [0.1, 0.15) is 43.7 Å². The number of hydrogen-bond donors (Lipinski definition) is 2. The fraction of sp³-hybridized carbons (Fsp3) is 0.500. The Kier molecular flexibility index (Phi) is 5.76. The second kappa shape index (κ2) is 7.59. The quantitative estimate of drug-likeness (QED) is 0.775. The van der Waals surface area contributed by atoms with Crippen molar-refractivity contribution in [3.63, 3.8) is 0 Å². The molecule has 1 aliphatic carbocycles. The maximum atomic E-state index is 12.2. The number of carbonyl (C=O) groups is 2. The highest BCUT2D eigenvalue weighted by Gasteiger charge is 2.29. The van der Waals surface area contributed by atoms with Crippen LogP contribution in [0.3, 0.4) is 0 Å². The first-order chi connectivity index (χ1) is 10.9. The standard InChI is InChI=1S/C16H22N2O4S/c17-16(20)15(12-6-2-1-3-7-12)18-14(19)10-11-23(21,22)13-8-4-5-9-13/h1-3,6-7,13,15H,4-5,8-11H2,(H2,17,20)(H,18,19)/t15-/m0/s1. The summed E-state index contributed by atoms with van der Waals surface area (Å²) in [7, 11) is -3.25. The van der Waals surface area contributed by atoms with Gasteiger partial charge in [-0.05, 0) is 18.4 Å². The van der Waals surface area contributed by atoms with Crippen LogP contribution in [-0.2, 0) is 19.4 Å². The molecule has 1 saturated carbocycles. The van der Waals surface area contributed by atoms with E-state index < -0.39 is 27.7 Å². The van der Waals surface area contributed by atoms with Crippen molar-refractivity contribution in [3.05, 3.63) is 35.9 Å². The van der Waals surface area contributed by atoms with Gasteiger partial charge in [0.05, 0.1) is 11.0 Å². The Morgan fingerprint density at radius 1 is 1.17 bits per heavy atom. The summed E-state index contributed by atoms with van der Waals surface area (Å²) < 4.78 is 24.3. The number of carbonyl (C=O) groups excluding carboxylic acids is 2. The van der Waals surface area contributed by atoms with Crippen LogP contribution >= 0.6 is 0 Å². The Morgan fingerprint density at radius 3 is 2.35 bits per heavy atom. The Bertz CT molecular complexity index is 652. The molecular weight excluding hydrogens is 316 g/mol. The monoisotopic (exact) mass is 338 g/mol. The van der Waals surface area contributed by atoms with Gasteiger partial charge in [0.1, 0.15) is 6.04 Å². The van der Waals surface area contributed by atoms with Crippen molar-refractivity contribution in [1.82, 2.24) is 5.32 Å². The smallest absolute Gasteiger partial charge is 0.244 e. The van der Waals surface area contributed by atoms with E-state index in [0.29, 0.717) is 18.4 Å². The van der Waals surface area contributed by atoms with Crippen LogP contribution in [0.4, 0.5) is 0 Å². The Morgan fingerprint density at radius 2 is 1.78 bits per heavy atom. The molecule has 0 unspecified atom stereocenters. The average Bonchev–Trinajstić information content (AvgIpc) is 3.06. The van der Waals surface area contributed by atoms with Gasteiger partial charge in [0.2, 0.25) is 11.8 Å². The van der Waals surface area contributed by atoms with Crippen LogP contribution in [0.5, 0.6) is 0 Å². The Balaban J connectivity index is 1.93. The molecule has 7 heteroatoms. The second-order valence-electron chi connectivity index (χ2n) is 5.84. The zero-order valence-corrected chi connectivity index (χ0v) is 13.7. The lowest BCUT2D eigenvalue weighted by molar-refractivity contribution is -0.127. The molecule has 23 heavy (non-hydrogen) atoms. The molecule has 0 aromatic heterocycles. The van der Waals surface area contributed by atoms with Crippen LogP contribution in [0.2, 0.25) is 0 Å². The third-order valence-corrected chi connectivity index (χ3v) is 6.41. The molecule has 0 aliphatic heterocycles. The van der Waals surface area contributed by atoms with E-state index in [-0.39, 0.29) is 17.4 Å². The number of sulfone groups is 1. The normalized spacial score (nSPS) is 16.9. The minimum absolute atomic E-state index is 0.157. The van der Waals surface area contributed by atoms with Crippen LogP contribution < -0.4 is 11.1 Å². The third-order valence-electron chi connectivity index (χ3n) is 4.15. The van der Waals surface area contributed by atoms with Crippen molar-refractivity contribution in [2.45, 2.75) is 43.4 Å². The molecule has 126 valence electrons. The molecule has 1 aromatic rings. The summed E-state index contributed by atoms with van der Waals surface area (Å²) in [4.78, 5) is 23.5. The number of amides is 2. The fourth-order valence-corrected chi connectivity index (χ4v) is 4.70. The molecule has 0 heterocycles. The summed E-state index contributed by atoms with van der Waals surface area (Å²) in [5, 5.41) is 2.20. The lowest BCUT2D eigenvalue weighted by atomic mass is 10.1. The minimum Gasteiger partial charge on any atom is -0.368 e. The highest BCUT2D eigenvalue weighted by molar-refractivity contribution is 7.92. The van der Waals surface area contributed by atoms with E-state index in [0.717, 1.165) is 12.8 Å². The van der Waals surface area contributed by atoms with E-state index in [2.05, 4.69) is 5.32 Å². The second-order valence-corrected chi connectivity index (χ2v) is 8.24. The largest absolute Gasteiger partial charge is 0.368 e. The van der Waals surface area contributed by atoms with E-state index in [4.69, 9.17) is 5.73 Å². The maximum Gasteiger partial charge on any atom is 0.244 e. The fourth-order valence-electron chi connectivity index (χ4n) is 2.85. The zero-order valence-electron chi connectivity index (χ0n) is 12.9. The molecule has 1 atom stereocenters. The minimum atomic E-state index is -3.25. The van der Waals surface area contributed by atoms with Crippen molar-refractivity contribution in [2.24, 2.45) is 5.73 Å². The van der Waals surface area contributed by atoms with Gasteiger partial charge in [0.25, 0.3) is 0 Å². The van der Waals surface area contributed by atoms with Gasteiger partial charge in [-0.1, -0.05) is 43.2 Å². The van der Waals surface area contributed by atoms with E-state index in [1.807, 2.05) is 0 Å². The van der Waals surface area contributed by atoms with Crippen LogP contribution in [-0.4, -0.2) is 31.2 Å². The number of hydrogen-bond acceptors (Lipinski definition) is 4. The van der Waals surface area contributed by atoms with E-state index in [1.165, 1.54) is 0 Å². The molecule has 1 aliphatic rings. The molecule has 0 saturated heterocycles. The Labute approximate surface area is 136 Å². The van der Waals surface area contributed by atoms with Crippen molar-refractivity contribution in [2.75, 3.05) is 5.75 Å². The van der Waals surface area contributed by atoms with Crippen molar-refractivity contribution < 1.29 is 18.0 Å². The molecule has 0 radical (unpaired) electrons. The molecule has 3 N–H and O–H groups in total. The third kappa shape index (κ3) is 4.79. The first-order valence-electron chi connectivity index (χ1n) is 7.75.